The first kappa shape index (κ1) is 16.1. The molecule has 2 rings (SSSR count). The lowest BCUT2D eigenvalue weighted by atomic mass is 10.1. The van der Waals surface area contributed by atoms with Crippen LogP contribution in [0.15, 0.2) is 23.1 Å². The van der Waals surface area contributed by atoms with E-state index in [1.165, 1.54) is 10.6 Å². The van der Waals surface area contributed by atoms with Gasteiger partial charge in [-0.1, -0.05) is 6.07 Å². The summed E-state index contributed by atoms with van der Waals surface area (Å²) in [5, 5.41) is 7.81. The van der Waals surface area contributed by atoms with Crippen LogP contribution in [0, 0.1) is 5.41 Å². The van der Waals surface area contributed by atoms with Gasteiger partial charge in [-0.25, -0.2) is 8.42 Å². The lowest BCUT2D eigenvalue weighted by molar-refractivity contribution is 0.388. The third-order valence-corrected chi connectivity index (χ3v) is 5.63. The largest absolute Gasteiger partial charge is 0.384 e. The Labute approximate surface area is 129 Å². The topological polar surface area (TPSA) is 90.5 Å². The van der Waals surface area contributed by atoms with Crippen LogP contribution in [0.4, 0.5) is 5.69 Å². The number of piperazine rings is 1. The Bertz CT molecular complexity index is 638. The van der Waals surface area contributed by atoms with Crippen LogP contribution in [-0.4, -0.2) is 57.2 Å². The number of thioether (sulfide) groups is 1. The molecule has 0 aliphatic carbocycles. The molecule has 116 valence electrons. The second-order valence-electron chi connectivity index (χ2n) is 4.92. The normalized spacial score (nSPS) is 17.0. The molecule has 1 aromatic carbocycles. The van der Waals surface area contributed by atoms with Crippen molar-refractivity contribution in [1.29, 1.82) is 5.41 Å². The molecule has 1 heterocycles. The van der Waals surface area contributed by atoms with Crippen LogP contribution in [-0.2, 0) is 10.0 Å². The summed E-state index contributed by atoms with van der Waals surface area (Å²) in [4.78, 5) is 3.06. The number of nitrogens with two attached hydrogens (primary N) is 1. The van der Waals surface area contributed by atoms with Gasteiger partial charge in [-0.05, 0) is 18.4 Å². The molecule has 21 heavy (non-hydrogen) atoms. The van der Waals surface area contributed by atoms with Crippen molar-refractivity contribution in [2.24, 2.45) is 5.73 Å². The number of hydrogen-bond donors (Lipinski definition) is 2. The number of amidine groups is 1. The van der Waals surface area contributed by atoms with Gasteiger partial charge in [0.2, 0.25) is 10.0 Å². The van der Waals surface area contributed by atoms with Crippen molar-refractivity contribution in [3.63, 3.8) is 0 Å². The second kappa shape index (κ2) is 6.25. The fourth-order valence-corrected chi connectivity index (χ4v) is 3.94. The molecule has 0 amide bonds. The van der Waals surface area contributed by atoms with Gasteiger partial charge in [0.15, 0.2) is 0 Å². The molecule has 3 N–H and O–H groups in total. The third kappa shape index (κ3) is 3.50. The molecule has 0 aromatic heterocycles. The van der Waals surface area contributed by atoms with Gasteiger partial charge >= 0.3 is 0 Å². The number of nitrogens with one attached hydrogen (secondary N) is 1. The second-order valence-corrected chi connectivity index (χ2v) is 7.75. The summed E-state index contributed by atoms with van der Waals surface area (Å²) < 4.78 is 24.6. The molecule has 1 aliphatic heterocycles. The van der Waals surface area contributed by atoms with Crippen LogP contribution >= 0.6 is 11.8 Å². The van der Waals surface area contributed by atoms with Gasteiger partial charge in [-0.15, -0.1) is 11.8 Å². The average Bonchev–Trinajstić information content (AvgIpc) is 2.45. The van der Waals surface area contributed by atoms with Crippen LogP contribution in [0.25, 0.3) is 0 Å². The zero-order chi connectivity index (χ0) is 15.6. The van der Waals surface area contributed by atoms with Crippen molar-refractivity contribution in [3.8, 4) is 0 Å². The predicted molar refractivity (Wildman–Crippen MR) is 87.9 cm³/mol. The molecule has 8 heteroatoms. The average molecular weight is 328 g/mol. The Morgan fingerprint density at radius 2 is 1.90 bits per heavy atom. The maximum atomic E-state index is 11.6. The first-order valence-electron chi connectivity index (χ1n) is 6.56. The van der Waals surface area contributed by atoms with Crippen molar-refractivity contribution in [1.82, 2.24) is 4.31 Å². The van der Waals surface area contributed by atoms with E-state index in [0.29, 0.717) is 26.2 Å². The summed E-state index contributed by atoms with van der Waals surface area (Å²) in [6.07, 6.45) is 3.19. The molecule has 0 spiro atoms. The first-order chi connectivity index (χ1) is 9.84. The number of nitrogens with zero attached hydrogens (tertiary/aromatic N) is 2. The third-order valence-electron chi connectivity index (χ3n) is 3.54. The van der Waals surface area contributed by atoms with E-state index in [1.54, 1.807) is 11.8 Å². The monoisotopic (exact) mass is 328 g/mol. The summed E-state index contributed by atoms with van der Waals surface area (Å²) in [5.41, 5.74) is 7.37. The van der Waals surface area contributed by atoms with E-state index in [2.05, 4.69) is 4.90 Å². The highest BCUT2D eigenvalue weighted by molar-refractivity contribution is 7.98. The number of anilines is 1. The van der Waals surface area contributed by atoms with Crippen LogP contribution in [0.5, 0.6) is 0 Å². The van der Waals surface area contributed by atoms with E-state index in [4.69, 9.17) is 11.1 Å². The first-order valence-corrected chi connectivity index (χ1v) is 9.63. The molecule has 6 nitrogen and oxygen atoms in total. The molecule has 1 aliphatic rings. The maximum Gasteiger partial charge on any atom is 0.211 e. The predicted octanol–water partition coefficient (Wildman–Crippen LogP) is 0.774. The fraction of sp³-hybridized carbons (Fsp3) is 0.462. The van der Waals surface area contributed by atoms with Crippen molar-refractivity contribution < 1.29 is 8.42 Å². The van der Waals surface area contributed by atoms with E-state index in [-0.39, 0.29) is 5.84 Å². The SMILES string of the molecule is CSc1cccc(N2CCN(S(C)(=O)=O)CC2)c1C(=N)N. The summed E-state index contributed by atoms with van der Waals surface area (Å²) >= 11 is 1.55. The van der Waals surface area contributed by atoms with Crippen molar-refractivity contribution in [3.05, 3.63) is 23.8 Å². The van der Waals surface area contributed by atoms with Gasteiger partial charge in [0.25, 0.3) is 0 Å². The summed E-state index contributed by atoms with van der Waals surface area (Å²) in [6, 6.07) is 5.82. The lowest BCUT2D eigenvalue weighted by Gasteiger charge is -2.36. The molecular weight excluding hydrogens is 308 g/mol. The maximum absolute atomic E-state index is 11.6. The summed E-state index contributed by atoms with van der Waals surface area (Å²) in [7, 11) is -3.14. The molecule has 0 radical (unpaired) electrons. The van der Waals surface area contributed by atoms with Crippen LogP contribution < -0.4 is 10.6 Å². The van der Waals surface area contributed by atoms with Crippen LogP contribution in [0.2, 0.25) is 0 Å². The van der Waals surface area contributed by atoms with E-state index >= 15 is 0 Å². The smallest absolute Gasteiger partial charge is 0.211 e. The van der Waals surface area contributed by atoms with E-state index < -0.39 is 10.0 Å². The quantitative estimate of drug-likeness (QED) is 0.484. The molecule has 0 unspecified atom stereocenters. The van der Waals surface area contributed by atoms with Crippen LogP contribution in [0.3, 0.4) is 0 Å². The number of nitrogen functional groups attached to an aromatic ring is 1. The lowest BCUT2D eigenvalue weighted by Crippen LogP contribution is -2.48. The molecular formula is C13H20N4O2S2. The Morgan fingerprint density at radius 3 is 2.38 bits per heavy atom. The van der Waals surface area contributed by atoms with E-state index in [0.717, 1.165) is 16.1 Å². The fourth-order valence-electron chi connectivity index (χ4n) is 2.48. The van der Waals surface area contributed by atoms with Gasteiger partial charge in [-0.2, -0.15) is 4.31 Å². The van der Waals surface area contributed by atoms with Crippen molar-refractivity contribution in [2.75, 3.05) is 43.6 Å². The highest BCUT2D eigenvalue weighted by Crippen LogP contribution is 2.30. The number of benzene rings is 1. The van der Waals surface area contributed by atoms with Gasteiger partial charge < -0.3 is 10.6 Å². The highest BCUT2D eigenvalue weighted by atomic mass is 32.2. The Morgan fingerprint density at radius 1 is 1.29 bits per heavy atom. The number of sulfonamides is 1. The van der Waals surface area contributed by atoms with E-state index in [9.17, 15) is 8.42 Å². The van der Waals surface area contributed by atoms with E-state index in [1.807, 2.05) is 24.5 Å². The van der Waals surface area contributed by atoms with Gasteiger partial charge in [0, 0.05) is 36.8 Å². The molecule has 0 atom stereocenters. The number of rotatable bonds is 4. The summed E-state index contributed by atoms with van der Waals surface area (Å²) in [5.74, 6) is 0.0421. The van der Waals surface area contributed by atoms with Crippen LogP contribution in [0.1, 0.15) is 5.56 Å². The molecule has 1 saturated heterocycles. The Hall–Kier alpha value is -1.25. The van der Waals surface area contributed by atoms with Gasteiger partial charge in [-0.3, -0.25) is 5.41 Å². The van der Waals surface area contributed by atoms with Gasteiger partial charge in [0.05, 0.1) is 11.8 Å². The molecule has 0 saturated carbocycles. The standard InChI is InChI=1S/C13H20N4O2S2/c1-20-11-5-3-4-10(12(11)13(14)15)16-6-8-17(9-7-16)21(2,18)19/h3-5H,6-9H2,1-2H3,(H3,14,15). The van der Waals surface area contributed by atoms with Gasteiger partial charge in [0.1, 0.15) is 5.84 Å². The Balaban J connectivity index is 2.27. The summed E-state index contributed by atoms with van der Waals surface area (Å²) in [6.45, 7) is 2.12. The zero-order valence-corrected chi connectivity index (χ0v) is 13.8. The minimum atomic E-state index is -3.14. The minimum absolute atomic E-state index is 0.0421. The molecule has 0 bridgehead atoms. The minimum Gasteiger partial charge on any atom is -0.384 e. The van der Waals surface area contributed by atoms with Crippen molar-refractivity contribution in [2.45, 2.75) is 4.90 Å². The Kier molecular flexibility index (Phi) is 4.80. The molecule has 1 fully saturated rings. The highest BCUT2D eigenvalue weighted by Gasteiger charge is 2.25. The molecule has 1 aromatic rings. The van der Waals surface area contributed by atoms with Crippen molar-refractivity contribution >= 4 is 33.3 Å². The number of hydrogen-bond acceptors (Lipinski definition) is 5. The zero-order valence-electron chi connectivity index (χ0n) is 12.2.